The van der Waals surface area contributed by atoms with Crippen LogP contribution in [-0.4, -0.2) is 23.3 Å². The summed E-state index contributed by atoms with van der Waals surface area (Å²) in [5.74, 6) is -0.510. The molecule has 0 bridgehead atoms. The second-order valence-corrected chi connectivity index (χ2v) is 9.33. The number of carbonyl (C=O) groups excluding carboxylic acids is 2. The van der Waals surface area contributed by atoms with Gasteiger partial charge in [-0.15, -0.1) is 11.3 Å². The van der Waals surface area contributed by atoms with Crippen molar-refractivity contribution in [3.8, 4) is 10.6 Å². The summed E-state index contributed by atoms with van der Waals surface area (Å²) in [6.45, 7) is 4.47. The Kier molecular flexibility index (Phi) is 5.23. The molecule has 1 atom stereocenters. The number of benzene rings is 3. The van der Waals surface area contributed by atoms with Crippen LogP contribution in [0.1, 0.15) is 17.5 Å². The first-order chi connectivity index (χ1) is 15.5. The third-order valence-corrected chi connectivity index (χ3v) is 6.82. The normalized spacial score (nSPS) is 16.0. The van der Waals surface area contributed by atoms with Gasteiger partial charge in [-0.2, -0.15) is 0 Å². The largest absolute Gasteiger partial charge is 0.326 e. The molecule has 0 saturated carbocycles. The van der Waals surface area contributed by atoms with E-state index < -0.39 is 0 Å². The molecule has 1 unspecified atom stereocenters. The number of anilines is 2. The number of rotatable bonds is 4. The van der Waals surface area contributed by atoms with Crippen LogP contribution in [0, 0.1) is 19.8 Å². The zero-order valence-electron chi connectivity index (χ0n) is 18.0. The van der Waals surface area contributed by atoms with Gasteiger partial charge in [0.2, 0.25) is 11.8 Å². The lowest BCUT2D eigenvalue weighted by Crippen LogP contribution is -2.28. The van der Waals surface area contributed by atoms with Gasteiger partial charge >= 0.3 is 0 Å². The van der Waals surface area contributed by atoms with Crippen molar-refractivity contribution in [1.29, 1.82) is 0 Å². The van der Waals surface area contributed by atoms with Gasteiger partial charge in [0, 0.05) is 29.9 Å². The molecule has 1 N–H and O–H groups in total. The molecule has 4 aromatic rings. The van der Waals surface area contributed by atoms with Gasteiger partial charge in [-0.3, -0.25) is 9.59 Å². The molecule has 1 aliphatic heterocycles. The van der Waals surface area contributed by atoms with Crippen LogP contribution >= 0.6 is 11.3 Å². The van der Waals surface area contributed by atoms with Crippen molar-refractivity contribution >= 4 is 44.7 Å². The van der Waals surface area contributed by atoms with Gasteiger partial charge in [-0.1, -0.05) is 18.2 Å². The van der Waals surface area contributed by atoms with E-state index in [-0.39, 0.29) is 24.2 Å². The molecule has 160 valence electrons. The average molecular weight is 442 g/mol. The van der Waals surface area contributed by atoms with E-state index in [1.807, 2.05) is 61.5 Å². The number of hydrogen-bond donors (Lipinski definition) is 1. The molecular formula is C26H23N3O2S. The van der Waals surface area contributed by atoms with Crippen LogP contribution in [0.3, 0.4) is 0 Å². The van der Waals surface area contributed by atoms with Gasteiger partial charge in [0.1, 0.15) is 5.01 Å². The molecule has 32 heavy (non-hydrogen) atoms. The fourth-order valence-electron chi connectivity index (χ4n) is 4.02. The second kappa shape index (κ2) is 8.20. The van der Waals surface area contributed by atoms with Crippen LogP contribution < -0.4 is 10.2 Å². The third kappa shape index (κ3) is 4.01. The van der Waals surface area contributed by atoms with Crippen molar-refractivity contribution in [2.24, 2.45) is 5.92 Å². The summed E-state index contributed by atoms with van der Waals surface area (Å²) < 4.78 is 1.17. The van der Waals surface area contributed by atoms with E-state index in [2.05, 4.69) is 24.4 Å². The van der Waals surface area contributed by atoms with Crippen LogP contribution in [0.15, 0.2) is 66.7 Å². The van der Waals surface area contributed by atoms with E-state index >= 15 is 0 Å². The lowest BCUT2D eigenvalue weighted by molar-refractivity contribution is -0.122. The van der Waals surface area contributed by atoms with Gasteiger partial charge in [-0.05, 0) is 73.5 Å². The molecule has 2 heterocycles. The summed E-state index contributed by atoms with van der Waals surface area (Å²) in [6, 6.07) is 21.8. The van der Waals surface area contributed by atoms with Gasteiger partial charge in [0.15, 0.2) is 0 Å². The third-order valence-electron chi connectivity index (χ3n) is 5.75. The number of amides is 2. The molecule has 6 heteroatoms. The number of aromatic nitrogens is 1. The Morgan fingerprint density at radius 3 is 2.59 bits per heavy atom. The first kappa shape index (κ1) is 20.4. The summed E-state index contributed by atoms with van der Waals surface area (Å²) in [5, 5.41) is 3.92. The smallest absolute Gasteiger partial charge is 0.229 e. The molecule has 0 spiro atoms. The van der Waals surface area contributed by atoms with E-state index in [1.54, 1.807) is 16.2 Å². The van der Waals surface area contributed by atoms with Crippen LogP contribution in [0.4, 0.5) is 11.4 Å². The predicted octanol–water partition coefficient (Wildman–Crippen LogP) is 5.57. The SMILES string of the molecule is Cc1cccc(N2CC(C(=O)Nc3ccc(-c4nc5ccc(C)cc5s4)cc3)CC2=O)c1. The molecule has 5 rings (SSSR count). The fourth-order valence-corrected chi connectivity index (χ4v) is 5.09. The van der Waals surface area contributed by atoms with Crippen LogP contribution in [0.5, 0.6) is 0 Å². The van der Waals surface area contributed by atoms with E-state index in [4.69, 9.17) is 4.98 Å². The highest BCUT2D eigenvalue weighted by Crippen LogP contribution is 2.32. The lowest BCUT2D eigenvalue weighted by Gasteiger charge is -2.17. The highest BCUT2D eigenvalue weighted by Gasteiger charge is 2.35. The Hall–Kier alpha value is -3.51. The zero-order chi connectivity index (χ0) is 22.2. The Morgan fingerprint density at radius 1 is 1.03 bits per heavy atom. The van der Waals surface area contributed by atoms with Crippen molar-refractivity contribution < 1.29 is 9.59 Å². The maximum atomic E-state index is 12.8. The van der Waals surface area contributed by atoms with Gasteiger partial charge in [0.25, 0.3) is 0 Å². The number of carbonyl (C=O) groups is 2. The van der Waals surface area contributed by atoms with Crippen LogP contribution in [0.2, 0.25) is 0 Å². The second-order valence-electron chi connectivity index (χ2n) is 8.30. The Bertz CT molecular complexity index is 1330. The molecular weight excluding hydrogens is 418 g/mol. The molecule has 5 nitrogen and oxygen atoms in total. The molecule has 1 aromatic heterocycles. The van der Waals surface area contributed by atoms with Crippen molar-refractivity contribution in [1.82, 2.24) is 4.98 Å². The van der Waals surface area contributed by atoms with Crippen LogP contribution in [0.25, 0.3) is 20.8 Å². The minimum atomic E-state index is -0.366. The summed E-state index contributed by atoms with van der Waals surface area (Å²) in [5.41, 5.74) is 5.89. The monoisotopic (exact) mass is 441 g/mol. The first-order valence-electron chi connectivity index (χ1n) is 10.6. The Balaban J connectivity index is 1.27. The lowest BCUT2D eigenvalue weighted by atomic mass is 10.1. The van der Waals surface area contributed by atoms with Crippen molar-refractivity contribution in [2.45, 2.75) is 20.3 Å². The summed E-state index contributed by atoms with van der Waals surface area (Å²) in [4.78, 5) is 31.7. The number of nitrogens with one attached hydrogen (secondary N) is 1. The molecule has 0 aliphatic carbocycles. The van der Waals surface area contributed by atoms with Gasteiger partial charge in [0.05, 0.1) is 16.1 Å². The Morgan fingerprint density at radius 2 is 1.81 bits per heavy atom. The average Bonchev–Trinajstić information content (AvgIpc) is 3.37. The van der Waals surface area contributed by atoms with Crippen molar-refractivity contribution in [2.75, 3.05) is 16.8 Å². The minimum Gasteiger partial charge on any atom is -0.326 e. The number of nitrogens with zero attached hydrogens (tertiary/aromatic N) is 2. The maximum Gasteiger partial charge on any atom is 0.229 e. The molecule has 1 fully saturated rings. The predicted molar refractivity (Wildman–Crippen MR) is 130 cm³/mol. The topological polar surface area (TPSA) is 62.3 Å². The number of thiazole rings is 1. The molecule has 1 aliphatic rings. The maximum absolute atomic E-state index is 12.8. The van der Waals surface area contributed by atoms with Gasteiger partial charge in [-0.25, -0.2) is 4.98 Å². The van der Waals surface area contributed by atoms with E-state index in [9.17, 15) is 9.59 Å². The molecule has 0 radical (unpaired) electrons. The highest BCUT2D eigenvalue weighted by molar-refractivity contribution is 7.21. The summed E-state index contributed by atoms with van der Waals surface area (Å²) >= 11 is 1.66. The fraction of sp³-hybridized carbons (Fsp3) is 0.192. The summed E-state index contributed by atoms with van der Waals surface area (Å²) in [6.07, 6.45) is 0.225. The summed E-state index contributed by atoms with van der Waals surface area (Å²) in [7, 11) is 0. The minimum absolute atomic E-state index is 0.0165. The number of aryl methyl sites for hydroxylation is 2. The standard InChI is InChI=1S/C26H23N3O2S/c1-16-4-3-5-21(12-16)29-15-19(14-24(29)30)25(31)27-20-9-7-18(8-10-20)26-28-22-11-6-17(2)13-23(22)32-26/h3-13,19H,14-15H2,1-2H3,(H,27,31). The zero-order valence-corrected chi connectivity index (χ0v) is 18.8. The number of hydrogen-bond acceptors (Lipinski definition) is 4. The highest BCUT2D eigenvalue weighted by atomic mass is 32.1. The molecule has 3 aromatic carbocycles. The van der Waals surface area contributed by atoms with Gasteiger partial charge < -0.3 is 10.2 Å². The first-order valence-corrected chi connectivity index (χ1v) is 11.4. The van der Waals surface area contributed by atoms with E-state index in [0.29, 0.717) is 6.54 Å². The van der Waals surface area contributed by atoms with E-state index in [1.165, 1.54) is 10.3 Å². The number of fused-ring (bicyclic) bond motifs is 1. The Labute approximate surface area is 190 Å². The van der Waals surface area contributed by atoms with Crippen molar-refractivity contribution in [3.05, 3.63) is 77.9 Å². The van der Waals surface area contributed by atoms with Crippen LogP contribution in [-0.2, 0) is 9.59 Å². The molecule has 1 saturated heterocycles. The van der Waals surface area contributed by atoms with Crippen molar-refractivity contribution in [3.63, 3.8) is 0 Å². The quantitative estimate of drug-likeness (QED) is 0.450. The van der Waals surface area contributed by atoms with E-state index in [0.717, 1.165) is 33.0 Å². The molecule has 2 amide bonds.